The zero-order chi connectivity index (χ0) is 29.8. The molecule has 2 N–H and O–H groups in total. The first-order chi connectivity index (χ1) is 21.0. The zero-order valence-electron chi connectivity index (χ0n) is 23.8. The van der Waals surface area contributed by atoms with Crippen LogP contribution in [-0.4, -0.2) is 20.7 Å². The van der Waals surface area contributed by atoms with Crippen molar-refractivity contribution in [1.82, 2.24) is 14.8 Å². The molecule has 0 bridgehead atoms. The normalized spacial score (nSPS) is 14.2. The number of anilines is 2. The highest BCUT2D eigenvalue weighted by molar-refractivity contribution is 7.98. The molecule has 7 nitrogen and oxygen atoms in total. The third-order valence-corrected chi connectivity index (χ3v) is 8.51. The van der Waals surface area contributed by atoms with Crippen LogP contribution >= 0.6 is 23.4 Å². The maximum atomic E-state index is 13.8. The van der Waals surface area contributed by atoms with Gasteiger partial charge in [-0.05, 0) is 66.4 Å². The van der Waals surface area contributed by atoms with E-state index in [1.54, 1.807) is 4.68 Å². The Bertz CT molecular complexity index is 1800. The van der Waals surface area contributed by atoms with Crippen LogP contribution in [0.3, 0.4) is 0 Å². The molecule has 9 heteroatoms. The second-order valence-corrected chi connectivity index (χ2v) is 11.6. The van der Waals surface area contributed by atoms with E-state index < -0.39 is 6.04 Å². The van der Waals surface area contributed by atoms with Crippen LogP contribution in [0, 0.1) is 6.92 Å². The molecule has 1 unspecified atom stereocenters. The predicted molar refractivity (Wildman–Crippen MR) is 173 cm³/mol. The highest BCUT2D eigenvalue weighted by atomic mass is 35.5. The van der Waals surface area contributed by atoms with Crippen LogP contribution in [0.4, 0.5) is 11.6 Å². The van der Waals surface area contributed by atoms with Gasteiger partial charge in [0.05, 0.1) is 5.57 Å². The van der Waals surface area contributed by atoms with Gasteiger partial charge in [-0.1, -0.05) is 96.2 Å². The molecule has 43 heavy (non-hydrogen) atoms. The van der Waals surface area contributed by atoms with Gasteiger partial charge in [-0.25, -0.2) is 4.68 Å². The molecule has 0 fully saturated rings. The van der Waals surface area contributed by atoms with Crippen LogP contribution in [0.5, 0.6) is 5.75 Å². The largest absolute Gasteiger partial charge is 0.489 e. The number of fused-ring (bicyclic) bond motifs is 1. The molecule has 4 aromatic carbocycles. The Labute approximate surface area is 260 Å². The molecule has 1 amide bonds. The van der Waals surface area contributed by atoms with Gasteiger partial charge in [0.15, 0.2) is 0 Å². The fraction of sp³-hybridized carbons (Fsp3) is 0.147. The van der Waals surface area contributed by atoms with Gasteiger partial charge >= 0.3 is 0 Å². The molecule has 5 aromatic rings. The first kappa shape index (κ1) is 28.6. The number of aryl methyl sites for hydroxylation is 1. The molecule has 0 saturated heterocycles. The van der Waals surface area contributed by atoms with Crippen LogP contribution < -0.4 is 15.4 Å². The van der Waals surface area contributed by atoms with E-state index >= 15 is 0 Å². The second kappa shape index (κ2) is 12.8. The van der Waals surface area contributed by atoms with Crippen molar-refractivity contribution in [2.45, 2.75) is 37.4 Å². The van der Waals surface area contributed by atoms with Crippen molar-refractivity contribution >= 4 is 40.9 Å². The van der Waals surface area contributed by atoms with E-state index in [1.165, 1.54) is 17.3 Å². The molecule has 6 rings (SSSR count). The number of allylic oxidation sites excluding steroid dienone is 1. The van der Waals surface area contributed by atoms with E-state index in [4.69, 9.17) is 26.4 Å². The van der Waals surface area contributed by atoms with E-state index in [0.29, 0.717) is 51.2 Å². The Morgan fingerprint density at radius 3 is 2.49 bits per heavy atom. The summed E-state index contributed by atoms with van der Waals surface area (Å²) in [5, 5.41) is 12.5. The van der Waals surface area contributed by atoms with Gasteiger partial charge in [0.25, 0.3) is 5.91 Å². The van der Waals surface area contributed by atoms with Gasteiger partial charge in [-0.3, -0.25) is 4.79 Å². The topological polar surface area (TPSA) is 81.1 Å². The number of thioether (sulfide) groups is 1. The molecule has 0 radical (unpaired) electrons. The number of rotatable bonds is 9. The maximum absolute atomic E-state index is 13.8. The number of hydrogen-bond donors (Lipinski definition) is 2. The summed E-state index contributed by atoms with van der Waals surface area (Å²) in [6.45, 7) is 4.40. The number of carbonyl (C=O) groups excluding carboxylic acids is 1. The van der Waals surface area contributed by atoms with E-state index in [9.17, 15) is 4.79 Å². The van der Waals surface area contributed by atoms with Gasteiger partial charge in [0, 0.05) is 22.2 Å². The van der Waals surface area contributed by atoms with Gasteiger partial charge in [-0.15, -0.1) is 5.10 Å². The minimum Gasteiger partial charge on any atom is -0.489 e. The summed E-state index contributed by atoms with van der Waals surface area (Å²) in [5.74, 6) is 1.66. The molecule has 2 heterocycles. The lowest BCUT2D eigenvalue weighted by Crippen LogP contribution is -2.31. The average Bonchev–Trinajstić information content (AvgIpc) is 3.42. The third kappa shape index (κ3) is 6.45. The maximum Gasteiger partial charge on any atom is 0.255 e. The number of nitrogens with zero attached hydrogens (tertiary/aromatic N) is 3. The molecule has 1 aliphatic heterocycles. The van der Waals surface area contributed by atoms with Gasteiger partial charge in [-0.2, -0.15) is 4.98 Å². The third-order valence-electron chi connectivity index (χ3n) is 7.25. The van der Waals surface area contributed by atoms with E-state index in [-0.39, 0.29) is 5.91 Å². The predicted octanol–water partition coefficient (Wildman–Crippen LogP) is 8.04. The van der Waals surface area contributed by atoms with Crippen LogP contribution in [0.15, 0.2) is 120 Å². The second-order valence-electron chi connectivity index (χ2n) is 10.2. The summed E-state index contributed by atoms with van der Waals surface area (Å²) < 4.78 is 8.00. The summed E-state index contributed by atoms with van der Waals surface area (Å²) in [6, 6.07) is 32.6. The van der Waals surface area contributed by atoms with Crippen LogP contribution in [0.2, 0.25) is 5.02 Å². The molecule has 1 aromatic heterocycles. The molecular formula is C34H30ClN5O2S. The minimum absolute atomic E-state index is 0.223. The molecule has 1 atom stereocenters. The standard InChI is InChI=1S/C34H30ClN5O2S/c1-22-11-6-7-12-25(22)20-42-28-17-10-14-24(19-28)31-30(32(41)37-27-15-4-3-5-16-27)23(2)36-33-38-34(39-40(31)33)43-21-26-13-8-9-18-29(26)35/h3-19,31H,20-21H2,1-2H3,(H,37,41)(H,36,38,39). The Morgan fingerprint density at radius 2 is 1.70 bits per heavy atom. The molecule has 216 valence electrons. The highest BCUT2D eigenvalue weighted by Gasteiger charge is 2.34. The molecule has 0 spiro atoms. The Kier molecular flexibility index (Phi) is 8.49. The fourth-order valence-corrected chi connectivity index (χ4v) is 6.09. The fourth-order valence-electron chi connectivity index (χ4n) is 4.98. The number of aromatic nitrogens is 3. The number of ether oxygens (including phenoxy) is 1. The van der Waals surface area contributed by atoms with Crippen LogP contribution in [0.1, 0.15) is 35.2 Å². The SMILES string of the molecule is CC1=C(C(=O)Nc2ccccc2)C(c2cccc(OCc3ccccc3C)c2)n2nc(SCc3ccccc3Cl)nc2N1. The Morgan fingerprint density at radius 1 is 0.953 bits per heavy atom. The smallest absolute Gasteiger partial charge is 0.255 e. The summed E-state index contributed by atoms with van der Waals surface area (Å²) in [5.41, 5.74) is 6.10. The van der Waals surface area contributed by atoms with Crippen molar-refractivity contribution in [2.75, 3.05) is 10.6 Å². The van der Waals surface area contributed by atoms with E-state index in [2.05, 4.69) is 29.7 Å². The minimum atomic E-state index is -0.538. The molecule has 0 saturated carbocycles. The molecule has 1 aliphatic rings. The quantitative estimate of drug-likeness (QED) is 0.165. The lowest BCUT2D eigenvalue weighted by atomic mass is 9.95. The zero-order valence-corrected chi connectivity index (χ0v) is 25.3. The van der Waals surface area contributed by atoms with Crippen molar-refractivity contribution in [3.05, 3.63) is 142 Å². The van der Waals surface area contributed by atoms with Crippen LogP contribution in [-0.2, 0) is 17.2 Å². The number of halogens is 1. The van der Waals surface area contributed by atoms with Crippen molar-refractivity contribution < 1.29 is 9.53 Å². The average molecular weight is 608 g/mol. The van der Waals surface area contributed by atoms with E-state index in [1.807, 2.05) is 97.9 Å². The van der Waals surface area contributed by atoms with Crippen molar-refractivity contribution in [3.63, 3.8) is 0 Å². The highest BCUT2D eigenvalue weighted by Crippen LogP contribution is 2.38. The van der Waals surface area contributed by atoms with Crippen LogP contribution in [0.25, 0.3) is 0 Å². The number of hydrogen-bond acceptors (Lipinski definition) is 6. The number of amides is 1. The number of para-hydroxylation sites is 1. The van der Waals surface area contributed by atoms with Gasteiger partial charge in [0.2, 0.25) is 11.1 Å². The monoisotopic (exact) mass is 607 g/mol. The first-order valence-corrected chi connectivity index (χ1v) is 15.3. The lowest BCUT2D eigenvalue weighted by Gasteiger charge is -2.29. The lowest BCUT2D eigenvalue weighted by molar-refractivity contribution is -0.113. The number of benzene rings is 4. The number of carbonyl (C=O) groups is 1. The first-order valence-electron chi connectivity index (χ1n) is 13.9. The van der Waals surface area contributed by atoms with E-state index in [0.717, 1.165) is 16.7 Å². The Hall–Kier alpha value is -4.53. The summed E-state index contributed by atoms with van der Waals surface area (Å²) >= 11 is 7.88. The van der Waals surface area contributed by atoms with Crippen molar-refractivity contribution in [2.24, 2.45) is 0 Å². The van der Waals surface area contributed by atoms with Crippen molar-refractivity contribution in [1.29, 1.82) is 0 Å². The number of nitrogens with one attached hydrogen (secondary N) is 2. The van der Waals surface area contributed by atoms with Gasteiger partial charge < -0.3 is 15.4 Å². The summed E-state index contributed by atoms with van der Waals surface area (Å²) in [7, 11) is 0. The Balaban J connectivity index is 1.33. The summed E-state index contributed by atoms with van der Waals surface area (Å²) in [4.78, 5) is 18.6. The molecular weight excluding hydrogens is 578 g/mol. The van der Waals surface area contributed by atoms with Gasteiger partial charge in [0.1, 0.15) is 18.4 Å². The van der Waals surface area contributed by atoms with Crippen molar-refractivity contribution in [3.8, 4) is 5.75 Å². The molecule has 0 aliphatic carbocycles. The summed E-state index contributed by atoms with van der Waals surface area (Å²) in [6.07, 6.45) is 0.